The van der Waals surface area contributed by atoms with Gasteiger partial charge in [-0.15, -0.1) is 0 Å². The number of aryl methyl sites for hydroxylation is 2. The first-order valence-corrected chi connectivity index (χ1v) is 6.27. The third kappa shape index (κ3) is 1.90. The second kappa shape index (κ2) is 4.56. The number of nitrogens with zero attached hydrogens (tertiary/aromatic N) is 2. The summed E-state index contributed by atoms with van der Waals surface area (Å²) >= 11 is 0. The molecule has 0 amide bonds. The molecule has 0 unspecified atom stereocenters. The van der Waals surface area contributed by atoms with Gasteiger partial charge in [-0.3, -0.25) is 4.79 Å². The molecule has 0 aliphatic rings. The number of benzene rings is 2. The summed E-state index contributed by atoms with van der Waals surface area (Å²) in [6.45, 7) is 1.93. The number of halogens is 1. The van der Waals surface area contributed by atoms with Crippen LogP contribution in [-0.2, 0) is 7.05 Å². The summed E-state index contributed by atoms with van der Waals surface area (Å²) in [6, 6.07) is 8.39. The highest BCUT2D eigenvalue weighted by atomic mass is 19.1. The minimum Gasteiger partial charge on any atom is -0.334 e. The van der Waals surface area contributed by atoms with Gasteiger partial charge in [0.05, 0.1) is 17.4 Å². The van der Waals surface area contributed by atoms with E-state index in [-0.39, 0.29) is 5.82 Å². The molecule has 0 bridgehead atoms. The lowest BCUT2D eigenvalue weighted by Gasteiger charge is -2.09. The molecule has 0 saturated carbocycles. The highest BCUT2D eigenvalue weighted by Gasteiger charge is 2.11. The Balaban J connectivity index is 2.25. The zero-order valence-corrected chi connectivity index (χ0v) is 11.2. The van der Waals surface area contributed by atoms with E-state index in [1.165, 1.54) is 6.07 Å². The Labute approximate surface area is 115 Å². The van der Waals surface area contributed by atoms with Crippen molar-refractivity contribution in [3.8, 4) is 11.1 Å². The molecule has 1 aromatic heterocycles. The van der Waals surface area contributed by atoms with E-state index >= 15 is 0 Å². The predicted octanol–water partition coefficient (Wildman–Crippen LogP) is 3.50. The van der Waals surface area contributed by atoms with Crippen LogP contribution in [0.4, 0.5) is 4.39 Å². The number of hydrogen-bond donors (Lipinski definition) is 0. The van der Waals surface area contributed by atoms with E-state index in [2.05, 4.69) is 4.98 Å². The molecule has 0 aliphatic heterocycles. The van der Waals surface area contributed by atoms with Gasteiger partial charge in [-0.2, -0.15) is 0 Å². The molecule has 3 nitrogen and oxygen atoms in total. The van der Waals surface area contributed by atoms with E-state index < -0.39 is 0 Å². The Morgan fingerprint density at radius 1 is 1.20 bits per heavy atom. The van der Waals surface area contributed by atoms with Gasteiger partial charge in [0, 0.05) is 18.2 Å². The summed E-state index contributed by atoms with van der Waals surface area (Å²) in [6.07, 6.45) is 2.38. The Bertz CT molecular complexity index is 821. The zero-order valence-electron chi connectivity index (χ0n) is 11.2. The standard InChI is InChI=1S/C16H13FN2O/c1-10-5-15-16(19(2)9-18-15)7-13(10)12-4-3-11(8-20)6-14(12)17/h3-9H,1-2H3. The molecule has 2 aromatic carbocycles. The number of rotatable bonds is 2. The number of hydrogen-bond acceptors (Lipinski definition) is 2. The van der Waals surface area contributed by atoms with Crippen LogP contribution in [0.2, 0.25) is 0 Å². The third-order valence-corrected chi connectivity index (χ3v) is 3.49. The van der Waals surface area contributed by atoms with Gasteiger partial charge in [0.25, 0.3) is 0 Å². The van der Waals surface area contributed by atoms with E-state index in [9.17, 15) is 9.18 Å². The van der Waals surface area contributed by atoms with E-state index in [1.54, 1.807) is 18.5 Å². The van der Waals surface area contributed by atoms with Gasteiger partial charge in [-0.1, -0.05) is 12.1 Å². The molecule has 20 heavy (non-hydrogen) atoms. The quantitative estimate of drug-likeness (QED) is 0.667. The fourth-order valence-corrected chi connectivity index (χ4v) is 2.39. The maximum atomic E-state index is 14.1. The molecular weight excluding hydrogens is 255 g/mol. The van der Waals surface area contributed by atoms with Crippen molar-refractivity contribution in [2.45, 2.75) is 6.92 Å². The molecule has 0 aliphatic carbocycles. The van der Waals surface area contributed by atoms with Crippen LogP contribution >= 0.6 is 0 Å². The normalized spacial score (nSPS) is 10.9. The van der Waals surface area contributed by atoms with Gasteiger partial charge < -0.3 is 4.57 Å². The SMILES string of the molecule is Cc1cc2ncn(C)c2cc1-c1ccc(C=O)cc1F. The molecule has 100 valence electrons. The van der Waals surface area contributed by atoms with Crippen LogP contribution in [0.3, 0.4) is 0 Å². The van der Waals surface area contributed by atoms with Crippen molar-refractivity contribution in [1.82, 2.24) is 9.55 Å². The van der Waals surface area contributed by atoms with Crippen LogP contribution < -0.4 is 0 Å². The molecule has 0 spiro atoms. The van der Waals surface area contributed by atoms with Crippen LogP contribution in [0, 0.1) is 12.7 Å². The van der Waals surface area contributed by atoms with E-state index in [0.717, 1.165) is 22.2 Å². The third-order valence-electron chi connectivity index (χ3n) is 3.49. The second-order valence-corrected chi connectivity index (χ2v) is 4.87. The van der Waals surface area contributed by atoms with Crippen LogP contribution in [0.5, 0.6) is 0 Å². The van der Waals surface area contributed by atoms with Gasteiger partial charge in [0.15, 0.2) is 0 Å². The molecular formula is C16H13FN2O. The maximum Gasteiger partial charge on any atom is 0.150 e. The first-order chi connectivity index (χ1) is 9.60. The van der Waals surface area contributed by atoms with Gasteiger partial charge in [-0.25, -0.2) is 9.37 Å². The lowest BCUT2D eigenvalue weighted by atomic mass is 9.98. The van der Waals surface area contributed by atoms with Crippen LogP contribution in [0.15, 0.2) is 36.7 Å². The molecule has 1 heterocycles. The smallest absolute Gasteiger partial charge is 0.150 e. The summed E-state index contributed by atoms with van der Waals surface area (Å²) in [5.41, 5.74) is 4.44. The molecule has 4 heteroatoms. The molecule has 0 radical (unpaired) electrons. The van der Waals surface area contributed by atoms with Crippen molar-refractivity contribution >= 4 is 17.3 Å². The number of fused-ring (bicyclic) bond motifs is 1. The average Bonchev–Trinajstić information content (AvgIpc) is 2.79. The number of aldehydes is 1. The Hall–Kier alpha value is -2.49. The topological polar surface area (TPSA) is 34.9 Å². The molecule has 0 fully saturated rings. The fraction of sp³-hybridized carbons (Fsp3) is 0.125. The minimum atomic E-state index is -0.390. The first kappa shape index (κ1) is 12.5. The van der Waals surface area contributed by atoms with Crippen LogP contribution in [-0.4, -0.2) is 15.8 Å². The first-order valence-electron chi connectivity index (χ1n) is 6.27. The molecule has 3 rings (SSSR count). The number of carbonyl (C=O) groups excluding carboxylic acids is 1. The Morgan fingerprint density at radius 2 is 2.00 bits per heavy atom. The van der Waals surface area contributed by atoms with Crippen LogP contribution in [0.25, 0.3) is 22.2 Å². The highest BCUT2D eigenvalue weighted by Crippen LogP contribution is 2.30. The predicted molar refractivity (Wildman–Crippen MR) is 76.2 cm³/mol. The highest BCUT2D eigenvalue weighted by molar-refractivity contribution is 5.85. The van der Waals surface area contributed by atoms with Crippen LogP contribution in [0.1, 0.15) is 15.9 Å². The maximum absolute atomic E-state index is 14.1. The van der Waals surface area contributed by atoms with Gasteiger partial charge >= 0.3 is 0 Å². The number of aromatic nitrogens is 2. The Morgan fingerprint density at radius 3 is 2.70 bits per heavy atom. The number of carbonyl (C=O) groups is 1. The summed E-state index contributed by atoms with van der Waals surface area (Å²) < 4.78 is 16.0. The van der Waals surface area contributed by atoms with E-state index in [1.807, 2.05) is 30.7 Å². The lowest BCUT2D eigenvalue weighted by Crippen LogP contribution is -1.92. The zero-order chi connectivity index (χ0) is 14.3. The van der Waals surface area contributed by atoms with Crippen molar-refractivity contribution in [3.63, 3.8) is 0 Å². The average molecular weight is 268 g/mol. The molecule has 3 aromatic rings. The van der Waals surface area contributed by atoms with Crippen molar-refractivity contribution in [1.29, 1.82) is 0 Å². The molecule has 0 atom stereocenters. The van der Waals surface area contributed by atoms with Gasteiger partial charge in [0.2, 0.25) is 0 Å². The summed E-state index contributed by atoms with van der Waals surface area (Å²) in [7, 11) is 1.90. The lowest BCUT2D eigenvalue weighted by molar-refractivity contribution is 0.112. The summed E-state index contributed by atoms with van der Waals surface area (Å²) in [4.78, 5) is 15.0. The van der Waals surface area contributed by atoms with Crippen molar-refractivity contribution in [3.05, 3.63) is 53.6 Å². The van der Waals surface area contributed by atoms with Crippen molar-refractivity contribution < 1.29 is 9.18 Å². The Kier molecular flexibility index (Phi) is 2.86. The van der Waals surface area contributed by atoms with E-state index in [0.29, 0.717) is 17.4 Å². The van der Waals surface area contributed by atoms with Crippen molar-refractivity contribution in [2.75, 3.05) is 0 Å². The monoisotopic (exact) mass is 268 g/mol. The second-order valence-electron chi connectivity index (χ2n) is 4.87. The summed E-state index contributed by atoms with van der Waals surface area (Å²) in [5.74, 6) is -0.390. The number of imidazole rings is 1. The van der Waals surface area contributed by atoms with Gasteiger partial charge in [-0.05, 0) is 36.2 Å². The largest absolute Gasteiger partial charge is 0.334 e. The van der Waals surface area contributed by atoms with Gasteiger partial charge in [0.1, 0.15) is 12.1 Å². The van der Waals surface area contributed by atoms with Crippen molar-refractivity contribution in [2.24, 2.45) is 7.05 Å². The molecule has 0 N–H and O–H groups in total. The summed E-state index contributed by atoms with van der Waals surface area (Å²) in [5, 5.41) is 0. The molecule has 0 saturated heterocycles. The minimum absolute atomic E-state index is 0.338. The van der Waals surface area contributed by atoms with E-state index in [4.69, 9.17) is 0 Å². The fourth-order valence-electron chi connectivity index (χ4n) is 2.39.